The highest BCUT2D eigenvalue weighted by atomic mass is 35.5. The van der Waals surface area contributed by atoms with Gasteiger partial charge in [0.2, 0.25) is 5.91 Å². The number of nitrogens with one attached hydrogen (secondary N) is 1. The Hall–Kier alpha value is -2.67. The Morgan fingerprint density at radius 1 is 1.14 bits per heavy atom. The molecule has 4 heterocycles. The first-order valence-corrected chi connectivity index (χ1v) is 10.0. The van der Waals surface area contributed by atoms with Crippen LogP contribution in [-0.4, -0.2) is 42.3 Å². The molecule has 2 aliphatic rings. The van der Waals surface area contributed by atoms with E-state index in [1.54, 1.807) is 6.33 Å². The first-order chi connectivity index (χ1) is 13.7. The molecule has 2 aliphatic heterocycles. The number of rotatable bonds is 2. The maximum Gasteiger partial charge on any atom is 0.226 e. The molecule has 2 aromatic heterocycles. The van der Waals surface area contributed by atoms with Gasteiger partial charge in [-0.2, -0.15) is 5.10 Å². The SMILES string of the molecule is O=C(C1CCc2nncn2CC1)N1CCc2[nH]nc(-c3ccc(Cl)cc3)c2C1. The van der Waals surface area contributed by atoms with Gasteiger partial charge in [0.25, 0.3) is 0 Å². The van der Waals surface area contributed by atoms with Gasteiger partial charge >= 0.3 is 0 Å². The normalized spacial score (nSPS) is 19.0. The summed E-state index contributed by atoms with van der Waals surface area (Å²) in [5.74, 6) is 1.26. The van der Waals surface area contributed by atoms with Crippen molar-refractivity contribution in [3.63, 3.8) is 0 Å². The quantitative estimate of drug-likeness (QED) is 0.722. The number of aryl methyl sites for hydroxylation is 2. The van der Waals surface area contributed by atoms with Crippen LogP contribution >= 0.6 is 11.6 Å². The Bertz CT molecular complexity index is 986. The van der Waals surface area contributed by atoms with Crippen molar-refractivity contribution in [1.29, 1.82) is 0 Å². The number of benzene rings is 1. The minimum atomic E-state index is 0.0362. The summed E-state index contributed by atoms with van der Waals surface area (Å²) in [6.07, 6.45) is 5.04. The lowest BCUT2D eigenvalue weighted by Gasteiger charge is -2.30. The van der Waals surface area contributed by atoms with E-state index in [0.717, 1.165) is 67.1 Å². The minimum absolute atomic E-state index is 0.0362. The van der Waals surface area contributed by atoms with Crippen LogP contribution in [0.1, 0.15) is 29.9 Å². The van der Waals surface area contributed by atoms with Gasteiger partial charge in [0.1, 0.15) is 12.2 Å². The molecule has 0 bridgehead atoms. The number of fused-ring (bicyclic) bond motifs is 2. The zero-order chi connectivity index (χ0) is 19.1. The third kappa shape index (κ3) is 3.09. The molecule has 1 amide bonds. The van der Waals surface area contributed by atoms with Crippen LogP contribution in [0.3, 0.4) is 0 Å². The molecule has 144 valence electrons. The van der Waals surface area contributed by atoms with Gasteiger partial charge in [-0.15, -0.1) is 10.2 Å². The fourth-order valence-electron chi connectivity index (χ4n) is 4.24. The molecule has 1 atom stereocenters. The summed E-state index contributed by atoms with van der Waals surface area (Å²) >= 11 is 6.01. The van der Waals surface area contributed by atoms with Crippen LogP contribution in [0.5, 0.6) is 0 Å². The van der Waals surface area contributed by atoms with E-state index in [2.05, 4.69) is 25.0 Å². The predicted octanol–water partition coefficient (Wildman–Crippen LogP) is 2.86. The molecule has 8 heteroatoms. The molecule has 1 aromatic carbocycles. The van der Waals surface area contributed by atoms with Crippen LogP contribution in [0.2, 0.25) is 5.02 Å². The van der Waals surface area contributed by atoms with Gasteiger partial charge in [-0.25, -0.2) is 0 Å². The Balaban J connectivity index is 1.34. The summed E-state index contributed by atoms with van der Waals surface area (Å²) in [5.41, 5.74) is 4.17. The largest absolute Gasteiger partial charge is 0.338 e. The predicted molar refractivity (Wildman–Crippen MR) is 105 cm³/mol. The minimum Gasteiger partial charge on any atom is -0.338 e. The lowest BCUT2D eigenvalue weighted by atomic mass is 9.95. The fraction of sp³-hybridized carbons (Fsp3) is 0.400. The number of halogens is 1. The smallest absolute Gasteiger partial charge is 0.226 e. The first-order valence-electron chi connectivity index (χ1n) is 9.66. The Morgan fingerprint density at radius 2 is 2.00 bits per heavy atom. The number of H-pyrrole nitrogens is 1. The van der Waals surface area contributed by atoms with Crippen LogP contribution in [0.25, 0.3) is 11.3 Å². The van der Waals surface area contributed by atoms with Crippen LogP contribution in [0.4, 0.5) is 0 Å². The summed E-state index contributed by atoms with van der Waals surface area (Å²) in [5, 5.41) is 16.5. The molecule has 28 heavy (non-hydrogen) atoms. The van der Waals surface area contributed by atoms with E-state index < -0.39 is 0 Å². The van der Waals surface area contributed by atoms with Crippen molar-refractivity contribution in [3.8, 4) is 11.3 Å². The van der Waals surface area contributed by atoms with E-state index in [1.807, 2.05) is 29.2 Å². The summed E-state index contributed by atoms with van der Waals surface area (Å²) in [4.78, 5) is 15.2. The van der Waals surface area contributed by atoms with Crippen molar-refractivity contribution in [2.75, 3.05) is 6.54 Å². The molecule has 3 aromatic rings. The standard InChI is InChI=1S/C20H21ClN6O/c21-15-4-1-13(2-5-15)19-16-11-26(10-8-17(16)23-25-19)20(28)14-3-6-18-24-22-12-27(18)9-7-14/h1-2,4-5,12,14H,3,6-11H2,(H,23,25). The second kappa shape index (κ2) is 7.05. The van der Waals surface area contributed by atoms with E-state index in [-0.39, 0.29) is 11.8 Å². The average Bonchev–Trinajstić information content (AvgIpc) is 3.30. The second-order valence-electron chi connectivity index (χ2n) is 7.51. The number of hydrogen-bond donors (Lipinski definition) is 1. The molecule has 0 radical (unpaired) electrons. The van der Waals surface area contributed by atoms with E-state index in [0.29, 0.717) is 11.6 Å². The monoisotopic (exact) mass is 396 g/mol. The summed E-state index contributed by atoms with van der Waals surface area (Å²) in [6.45, 7) is 2.14. The molecule has 5 rings (SSSR count). The topological polar surface area (TPSA) is 79.7 Å². The van der Waals surface area contributed by atoms with Gasteiger partial charge in [0, 0.05) is 60.2 Å². The molecule has 1 N–H and O–H groups in total. The highest BCUT2D eigenvalue weighted by Crippen LogP contribution is 2.31. The maximum atomic E-state index is 13.2. The van der Waals surface area contributed by atoms with Crippen LogP contribution in [0.15, 0.2) is 30.6 Å². The van der Waals surface area contributed by atoms with E-state index in [4.69, 9.17) is 11.6 Å². The molecule has 0 saturated carbocycles. The summed E-state index contributed by atoms with van der Waals surface area (Å²) < 4.78 is 2.07. The van der Waals surface area contributed by atoms with Crippen molar-refractivity contribution in [2.24, 2.45) is 5.92 Å². The van der Waals surface area contributed by atoms with Crippen molar-refractivity contribution in [3.05, 3.63) is 52.7 Å². The highest BCUT2D eigenvalue weighted by molar-refractivity contribution is 6.30. The van der Waals surface area contributed by atoms with Crippen LogP contribution in [0, 0.1) is 5.92 Å². The van der Waals surface area contributed by atoms with Crippen molar-refractivity contribution < 1.29 is 4.79 Å². The van der Waals surface area contributed by atoms with Crippen molar-refractivity contribution >= 4 is 17.5 Å². The molecule has 0 fully saturated rings. The Morgan fingerprint density at radius 3 is 2.86 bits per heavy atom. The molecular formula is C20H21ClN6O. The van der Waals surface area contributed by atoms with Gasteiger partial charge in [-0.3, -0.25) is 9.89 Å². The van der Waals surface area contributed by atoms with E-state index in [1.165, 1.54) is 0 Å². The van der Waals surface area contributed by atoms with Gasteiger partial charge in [-0.1, -0.05) is 23.7 Å². The summed E-state index contributed by atoms with van der Waals surface area (Å²) in [7, 11) is 0. The zero-order valence-corrected chi connectivity index (χ0v) is 16.2. The number of carbonyl (C=O) groups is 1. The molecule has 0 spiro atoms. The van der Waals surface area contributed by atoms with E-state index in [9.17, 15) is 4.79 Å². The maximum absolute atomic E-state index is 13.2. The number of aromatic amines is 1. The Kier molecular flexibility index (Phi) is 4.39. The number of aromatic nitrogens is 5. The molecule has 1 unspecified atom stereocenters. The number of amides is 1. The van der Waals surface area contributed by atoms with Crippen LogP contribution < -0.4 is 0 Å². The fourth-order valence-corrected chi connectivity index (χ4v) is 4.36. The second-order valence-corrected chi connectivity index (χ2v) is 7.95. The van der Waals surface area contributed by atoms with Gasteiger partial charge in [0.05, 0.1) is 5.69 Å². The first kappa shape index (κ1) is 17.4. The highest BCUT2D eigenvalue weighted by Gasteiger charge is 2.31. The third-order valence-electron chi connectivity index (χ3n) is 5.84. The van der Waals surface area contributed by atoms with Gasteiger partial charge in [0.15, 0.2) is 0 Å². The number of nitrogens with zero attached hydrogens (tertiary/aromatic N) is 5. The number of hydrogen-bond acceptors (Lipinski definition) is 4. The van der Waals surface area contributed by atoms with Crippen LogP contribution in [-0.2, 0) is 30.7 Å². The molecular weight excluding hydrogens is 376 g/mol. The Labute approximate surface area is 167 Å². The number of carbonyl (C=O) groups excluding carboxylic acids is 1. The molecule has 0 aliphatic carbocycles. The molecule has 7 nitrogen and oxygen atoms in total. The van der Waals surface area contributed by atoms with Gasteiger partial charge < -0.3 is 9.47 Å². The summed E-state index contributed by atoms with van der Waals surface area (Å²) in [6, 6.07) is 7.68. The lowest BCUT2D eigenvalue weighted by Crippen LogP contribution is -2.40. The zero-order valence-electron chi connectivity index (χ0n) is 15.4. The lowest BCUT2D eigenvalue weighted by molar-refractivity contribution is -0.137. The molecule has 0 saturated heterocycles. The van der Waals surface area contributed by atoms with Crippen molar-refractivity contribution in [1.82, 2.24) is 29.9 Å². The average molecular weight is 397 g/mol. The van der Waals surface area contributed by atoms with Gasteiger partial charge in [-0.05, 0) is 25.0 Å². The van der Waals surface area contributed by atoms with Crippen molar-refractivity contribution in [2.45, 2.75) is 38.8 Å². The van der Waals surface area contributed by atoms with E-state index >= 15 is 0 Å². The third-order valence-corrected chi connectivity index (χ3v) is 6.09.